The van der Waals surface area contributed by atoms with E-state index in [1.807, 2.05) is 6.92 Å². The monoisotopic (exact) mass is 335 g/mol. The Balaban J connectivity index is 1.56. The van der Waals surface area contributed by atoms with Crippen molar-refractivity contribution in [3.63, 3.8) is 0 Å². The van der Waals surface area contributed by atoms with Crippen molar-refractivity contribution in [3.8, 4) is 0 Å². The molecule has 6 nitrogen and oxygen atoms in total. The lowest BCUT2D eigenvalue weighted by atomic mass is 9.84. The highest BCUT2D eigenvalue weighted by Gasteiger charge is 2.21. The van der Waals surface area contributed by atoms with Crippen LogP contribution in [0.2, 0.25) is 0 Å². The van der Waals surface area contributed by atoms with Gasteiger partial charge >= 0.3 is 0 Å². The Morgan fingerprint density at radius 3 is 2.67 bits per heavy atom. The molecule has 0 aromatic carbocycles. The molecule has 2 rings (SSSR count). The van der Waals surface area contributed by atoms with Gasteiger partial charge in [-0.15, -0.1) is 0 Å². The van der Waals surface area contributed by atoms with E-state index in [2.05, 4.69) is 22.9 Å². The smallest absolute Gasteiger partial charge is 0.287 e. The maximum atomic E-state index is 12.0. The number of aryl methyl sites for hydroxylation is 1. The van der Waals surface area contributed by atoms with E-state index in [1.165, 1.54) is 6.26 Å². The fraction of sp³-hybridized carbons (Fsp3) is 0.667. The number of hydrogen-bond donors (Lipinski definition) is 3. The molecule has 1 unspecified atom stereocenters. The van der Waals surface area contributed by atoms with Crippen molar-refractivity contribution < 1.29 is 14.0 Å². The zero-order chi connectivity index (χ0) is 17.4. The van der Waals surface area contributed by atoms with Gasteiger partial charge in [-0.1, -0.05) is 6.92 Å². The number of hydrogen-bond acceptors (Lipinski definition) is 4. The SMILES string of the molecule is Cc1ccoc1C(=O)NCCCNC(=O)CC(C)C1CCNCC1. The highest BCUT2D eigenvalue weighted by molar-refractivity contribution is 5.92. The molecule has 134 valence electrons. The predicted molar refractivity (Wildman–Crippen MR) is 92.8 cm³/mol. The number of rotatable bonds is 8. The molecule has 1 atom stereocenters. The van der Waals surface area contributed by atoms with Gasteiger partial charge in [0.15, 0.2) is 5.76 Å². The summed E-state index contributed by atoms with van der Waals surface area (Å²) in [7, 11) is 0. The molecule has 1 aromatic heterocycles. The van der Waals surface area contributed by atoms with Crippen molar-refractivity contribution >= 4 is 11.8 Å². The fourth-order valence-electron chi connectivity index (χ4n) is 3.15. The Kier molecular flexibility index (Phi) is 7.31. The fourth-order valence-corrected chi connectivity index (χ4v) is 3.15. The van der Waals surface area contributed by atoms with Crippen molar-refractivity contribution in [2.75, 3.05) is 26.2 Å². The van der Waals surface area contributed by atoms with Crippen LogP contribution in [0.25, 0.3) is 0 Å². The standard InChI is InChI=1S/C18H29N3O3/c1-13-6-11-24-17(13)18(23)21-8-3-7-20-16(22)12-14(2)15-4-9-19-10-5-15/h6,11,14-15,19H,3-5,7-10,12H2,1-2H3,(H,20,22)(H,21,23). The number of amides is 2. The summed E-state index contributed by atoms with van der Waals surface area (Å²) in [5, 5.41) is 9.10. The summed E-state index contributed by atoms with van der Waals surface area (Å²) >= 11 is 0. The highest BCUT2D eigenvalue weighted by atomic mass is 16.3. The molecule has 24 heavy (non-hydrogen) atoms. The van der Waals surface area contributed by atoms with E-state index >= 15 is 0 Å². The van der Waals surface area contributed by atoms with Gasteiger partial charge in [0.2, 0.25) is 5.91 Å². The van der Waals surface area contributed by atoms with Crippen LogP contribution in [0.4, 0.5) is 0 Å². The Morgan fingerprint density at radius 2 is 2.00 bits per heavy atom. The topological polar surface area (TPSA) is 83.4 Å². The van der Waals surface area contributed by atoms with Crippen molar-refractivity contribution in [3.05, 3.63) is 23.7 Å². The number of piperidine rings is 1. The van der Waals surface area contributed by atoms with E-state index in [0.29, 0.717) is 43.5 Å². The first-order valence-electron chi connectivity index (χ1n) is 8.87. The second-order valence-electron chi connectivity index (χ2n) is 6.66. The lowest BCUT2D eigenvalue weighted by Crippen LogP contribution is -2.34. The van der Waals surface area contributed by atoms with Gasteiger partial charge in [-0.25, -0.2) is 0 Å². The van der Waals surface area contributed by atoms with E-state index in [9.17, 15) is 9.59 Å². The number of carbonyl (C=O) groups is 2. The molecule has 0 radical (unpaired) electrons. The minimum absolute atomic E-state index is 0.106. The first-order valence-corrected chi connectivity index (χ1v) is 8.87. The minimum atomic E-state index is -0.205. The normalized spacial score (nSPS) is 16.6. The zero-order valence-electron chi connectivity index (χ0n) is 14.7. The van der Waals surface area contributed by atoms with Crippen LogP contribution in [0.5, 0.6) is 0 Å². The van der Waals surface area contributed by atoms with Gasteiger partial charge in [-0.2, -0.15) is 0 Å². The van der Waals surface area contributed by atoms with Crippen LogP contribution in [-0.2, 0) is 4.79 Å². The quantitative estimate of drug-likeness (QED) is 0.633. The van der Waals surface area contributed by atoms with Crippen LogP contribution in [0.1, 0.15) is 48.7 Å². The maximum absolute atomic E-state index is 12.0. The molecular formula is C18H29N3O3. The molecule has 3 N–H and O–H groups in total. The summed E-state index contributed by atoms with van der Waals surface area (Å²) in [6.45, 7) is 7.22. The zero-order valence-corrected chi connectivity index (χ0v) is 14.7. The van der Waals surface area contributed by atoms with Crippen LogP contribution in [0.3, 0.4) is 0 Å². The molecule has 1 aliphatic rings. The van der Waals surface area contributed by atoms with E-state index in [1.54, 1.807) is 6.07 Å². The van der Waals surface area contributed by atoms with Gasteiger partial charge in [0.05, 0.1) is 6.26 Å². The molecule has 1 fully saturated rings. The number of furan rings is 1. The molecule has 6 heteroatoms. The third-order valence-corrected chi connectivity index (χ3v) is 4.73. The van der Waals surface area contributed by atoms with Gasteiger partial charge in [-0.3, -0.25) is 9.59 Å². The lowest BCUT2D eigenvalue weighted by molar-refractivity contribution is -0.122. The molecule has 0 spiro atoms. The van der Waals surface area contributed by atoms with E-state index in [4.69, 9.17) is 4.42 Å². The molecule has 0 saturated carbocycles. The number of carbonyl (C=O) groups excluding carboxylic acids is 2. The summed E-state index contributed by atoms with van der Waals surface area (Å²) in [4.78, 5) is 23.8. The molecule has 2 amide bonds. The van der Waals surface area contributed by atoms with E-state index in [0.717, 1.165) is 31.5 Å². The predicted octanol–water partition coefficient (Wildman–Crippen LogP) is 1.85. The first-order chi connectivity index (χ1) is 11.6. The minimum Gasteiger partial charge on any atom is -0.459 e. The van der Waals surface area contributed by atoms with Gasteiger partial charge < -0.3 is 20.4 Å². The molecule has 1 aliphatic heterocycles. The molecule has 1 saturated heterocycles. The van der Waals surface area contributed by atoms with Gasteiger partial charge in [0.1, 0.15) is 0 Å². The van der Waals surface area contributed by atoms with Gasteiger partial charge in [0.25, 0.3) is 5.91 Å². The lowest BCUT2D eigenvalue weighted by Gasteiger charge is -2.27. The maximum Gasteiger partial charge on any atom is 0.287 e. The first kappa shape index (κ1) is 18.5. The third kappa shape index (κ3) is 5.67. The number of nitrogens with one attached hydrogen (secondary N) is 3. The second-order valence-corrected chi connectivity index (χ2v) is 6.66. The Labute approximate surface area is 143 Å². The van der Waals surface area contributed by atoms with Crippen molar-refractivity contribution in [1.82, 2.24) is 16.0 Å². The van der Waals surface area contributed by atoms with Gasteiger partial charge in [-0.05, 0) is 57.2 Å². The highest BCUT2D eigenvalue weighted by Crippen LogP contribution is 2.24. The van der Waals surface area contributed by atoms with E-state index in [-0.39, 0.29) is 11.8 Å². The largest absolute Gasteiger partial charge is 0.459 e. The average molecular weight is 335 g/mol. The summed E-state index contributed by atoms with van der Waals surface area (Å²) < 4.78 is 5.14. The van der Waals surface area contributed by atoms with Crippen molar-refractivity contribution in [1.29, 1.82) is 0 Å². The molecule has 0 aliphatic carbocycles. The summed E-state index contributed by atoms with van der Waals surface area (Å²) in [5.74, 6) is 1.33. The van der Waals surface area contributed by atoms with Crippen LogP contribution in [-0.4, -0.2) is 38.0 Å². The van der Waals surface area contributed by atoms with Crippen molar-refractivity contribution in [2.24, 2.45) is 11.8 Å². The van der Waals surface area contributed by atoms with Crippen LogP contribution >= 0.6 is 0 Å². The molecule has 1 aromatic rings. The van der Waals surface area contributed by atoms with Gasteiger partial charge in [0, 0.05) is 25.1 Å². The van der Waals surface area contributed by atoms with Crippen molar-refractivity contribution in [2.45, 2.75) is 39.5 Å². The molecule has 2 heterocycles. The molecule has 0 bridgehead atoms. The molecular weight excluding hydrogens is 306 g/mol. The third-order valence-electron chi connectivity index (χ3n) is 4.73. The summed E-state index contributed by atoms with van der Waals surface area (Å²) in [6, 6.07) is 1.76. The van der Waals surface area contributed by atoms with Crippen LogP contribution < -0.4 is 16.0 Å². The van der Waals surface area contributed by atoms with Crippen LogP contribution in [0.15, 0.2) is 16.7 Å². The van der Waals surface area contributed by atoms with Crippen LogP contribution in [0, 0.1) is 18.8 Å². The summed E-state index contributed by atoms with van der Waals surface area (Å²) in [6.07, 6.45) is 5.12. The Hall–Kier alpha value is -1.82. The Bertz CT molecular complexity index is 535. The average Bonchev–Trinajstić information content (AvgIpc) is 3.01. The Morgan fingerprint density at radius 1 is 1.29 bits per heavy atom. The summed E-state index contributed by atoms with van der Waals surface area (Å²) in [5.41, 5.74) is 0.827. The van der Waals surface area contributed by atoms with E-state index < -0.39 is 0 Å². The second kappa shape index (κ2) is 9.47.